The lowest BCUT2D eigenvalue weighted by Crippen LogP contribution is -2.28. The second kappa shape index (κ2) is 3.73. The lowest BCUT2D eigenvalue weighted by Gasteiger charge is -2.15. The Labute approximate surface area is 82.7 Å². The number of hydrogen-bond acceptors (Lipinski definition) is 4. The predicted octanol–water partition coefficient (Wildman–Crippen LogP) is 0.678. The topological polar surface area (TPSA) is 72.7 Å². The maximum Gasteiger partial charge on any atom is 0.270 e. The quantitative estimate of drug-likeness (QED) is 0.756. The monoisotopic (exact) mass is 197 g/mol. The zero-order valence-corrected chi connectivity index (χ0v) is 8.90. The molecular formula is C8H15N5O. The van der Waals surface area contributed by atoms with Crippen LogP contribution in [-0.4, -0.2) is 26.1 Å². The van der Waals surface area contributed by atoms with Crippen molar-refractivity contribution in [2.24, 2.45) is 5.41 Å². The summed E-state index contributed by atoms with van der Waals surface area (Å²) >= 11 is 0. The van der Waals surface area contributed by atoms with Crippen LogP contribution >= 0.6 is 0 Å². The lowest BCUT2D eigenvalue weighted by molar-refractivity contribution is -0.123. The molecule has 0 atom stereocenters. The smallest absolute Gasteiger partial charge is 0.270 e. The molecule has 0 aromatic carbocycles. The first-order chi connectivity index (χ1) is 6.43. The Hall–Kier alpha value is -1.46. The Balaban J connectivity index is 2.65. The van der Waals surface area contributed by atoms with Gasteiger partial charge in [-0.2, -0.15) is 4.80 Å². The van der Waals surface area contributed by atoms with Gasteiger partial charge in [-0.25, -0.2) is 0 Å². The van der Waals surface area contributed by atoms with E-state index in [4.69, 9.17) is 0 Å². The number of nitrogens with one attached hydrogen (secondary N) is 1. The summed E-state index contributed by atoms with van der Waals surface area (Å²) in [6.45, 7) is 8.02. The van der Waals surface area contributed by atoms with E-state index in [2.05, 4.69) is 20.7 Å². The molecule has 1 aromatic rings. The number of hydrogen-bond donors (Lipinski definition) is 1. The van der Waals surface area contributed by atoms with Crippen molar-refractivity contribution >= 4 is 11.9 Å². The minimum Gasteiger partial charge on any atom is -0.291 e. The van der Waals surface area contributed by atoms with Gasteiger partial charge in [0.05, 0.1) is 6.54 Å². The largest absolute Gasteiger partial charge is 0.291 e. The molecule has 78 valence electrons. The number of rotatable bonds is 2. The Bertz CT molecular complexity index is 325. The maximum absolute atomic E-state index is 11.5. The second-order valence-corrected chi connectivity index (χ2v) is 4.01. The van der Waals surface area contributed by atoms with Crippen LogP contribution in [0.1, 0.15) is 27.7 Å². The van der Waals surface area contributed by atoms with Crippen molar-refractivity contribution in [1.82, 2.24) is 20.2 Å². The molecule has 6 nitrogen and oxygen atoms in total. The van der Waals surface area contributed by atoms with Gasteiger partial charge in [-0.3, -0.25) is 10.1 Å². The first kappa shape index (κ1) is 10.6. The molecular weight excluding hydrogens is 182 g/mol. The van der Waals surface area contributed by atoms with Crippen molar-refractivity contribution in [3.05, 3.63) is 0 Å². The summed E-state index contributed by atoms with van der Waals surface area (Å²) < 4.78 is 0. The standard InChI is InChI=1S/C8H15N5O/c1-5-13-11-7(10-12-13)9-6(14)8(2,3)4/h5H2,1-4H3,(H,9,11,14). The van der Waals surface area contributed by atoms with Gasteiger partial charge in [-0.15, -0.1) is 5.10 Å². The SMILES string of the molecule is CCn1nnc(NC(=O)C(C)(C)C)n1. The first-order valence-corrected chi connectivity index (χ1v) is 4.52. The second-order valence-electron chi connectivity index (χ2n) is 4.01. The van der Waals surface area contributed by atoms with Gasteiger partial charge in [0, 0.05) is 5.41 Å². The normalized spacial score (nSPS) is 11.4. The van der Waals surface area contributed by atoms with Gasteiger partial charge in [0.15, 0.2) is 0 Å². The molecule has 6 heteroatoms. The van der Waals surface area contributed by atoms with E-state index in [9.17, 15) is 4.79 Å². The van der Waals surface area contributed by atoms with Crippen LogP contribution in [0, 0.1) is 5.41 Å². The van der Waals surface area contributed by atoms with Gasteiger partial charge in [0.1, 0.15) is 0 Å². The van der Waals surface area contributed by atoms with E-state index in [0.717, 1.165) is 0 Å². The first-order valence-electron chi connectivity index (χ1n) is 4.52. The molecule has 0 aliphatic carbocycles. The molecule has 0 aliphatic rings. The van der Waals surface area contributed by atoms with Gasteiger partial charge in [-0.05, 0) is 12.1 Å². The zero-order chi connectivity index (χ0) is 10.8. The van der Waals surface area contributed by atoms with Crippen LogP contribution in [-0.2, 0) is 11.3 Å². The fourth-order valence-electron chi connectivity index (χ4n) is 0.716. The fourth-order valence-corrected chi connectivity index (χ4v) is 0.716. The number of amides is 1. The number of nitrogens with zero attached hydrogens (tertiary/aromatic N) is 4. The van der Waals surface area contributed by atoms with E-state index in [0.29, 0.717) is 6.54 Å². The van der Waals surface area contributed by atoms with Crippen LogP contribution in [0.2, 0.25) is 0 Å². The third-order valence-corrected chi connectivity index (χ3v) is 1.64. The summed E-state index contributed by atoms with van der Waals surface area (Å²) in [5.41, 5.74) is -0.447. The van der Waals surface area contributed by atoms with Crippen molar-refractivity contribution in [3.63, 3.8) is 0 Å². The highest BCUT2D eigenvalue weighted by Crippen LogP contribution is 2.14. The molecule has 1 heterocycles. The summed E-state index contributed by atoms with van der Waals surface area (Å²) in [5, 5.41) is 14.0. The molecule has 1 amide bonds. The number of aryl methyl sites for hydroxylation is 1. The minimum atomic E-state index is -0.447. The van der Waals surface area contributed by atoms with Crippen molar-refractivity contribution in [1.29, 1.82) is 0 Å². The average Bonchev–Trinajstić information content (AvgIpc) is 2.50. The molecule has 0 saturated heterocycles. The molecule has 0 radical (unpaired) electrons. The summed E-state index contributed by atoms with van der Waals surface area (Å²) in [6, 6.07) is 0. The molecule has 0 bridgehead atoms. The maximum atomic E-state index is 11.5. The van der Waals surface area contributed by atoms with Crippen LogP contribution in [0.15, 0.2) is 0 Å². The fraction of sp³-hybridized carbons (Fsp3) is 0.750. The number of tetrazole rings is 1. The van der Waals surface area contributed by atoms with Crippen molar-refractivity contribution < 1.29 is 4.79 Å². The highest BCUT2D eigenvalue weighted by atomic mass is 16.2. The zero-order valence-electron chi connectivity index (χ0n) is 8.90. The van der Waals surface area contributed by atoms with E-state index in [1.807, 2.05) is 27.7 Å². The number of aromatic nitrogens is 4. The molecule has 0 aliphatic heterocycles. The van der Waals surface area contributed by atoms with E-state index in [-0.39, 0.29) is 11.9 Å². The molecule has 0 spiro atoms. The van der Waals surface area contributed by atoms with Crippen molar-refractivity contribution in [2.75, 3.05) is 5.32 Å². The number of carbonyl (C=O) groups is 1. The molecule has 0 saturated carbocycles. The summed E-state index contributed by atoms with van der Waals surface area (Å²) in [5.74, 6) is 0.139. The van der Waals surface area contributed by atoms with Crippen molar-refractivity contribution in [3.8, 4) is 0 Å². The van der Waals surface area contributed by atoms with E-state index >= 15 is 0 Å². The van der Waals surface area contributed by atoms with Crippen LogP contribution < -0.4 is 5.32 Å². The van der Waals surface area contributed by atoms with Crippen LogP contribution in [0.3, 0.4) is 0 Å². The molecule has 1 rings (SSSR count). The van der Waals surface area contributed by atoms with Gasteiger partial charge in [-0.1, -0.05) is 25.9 Å². The van der Waals surface area contributed by atoms with E-state index in [1.54, 1.807) is 0 Å². The highest BCUT2D eigenvalue weighted by molar-refractivity contribution is 5.92. The molecule has 0 fully saturated rings. The van der Waals surface area contributed by atoms with Gasteiger partial charge >= 0.3 is 0 Å². The Morgan fingerprint density at radius 3 is 2.57 bits per heavy atom. The Morgan fingerprint density at radius 1 is 1.50 bits per heavy atom. The van der Waals surface area contributed by atoms with Crippen LogP contribution in [0.5, 0.6) is 0 Å². The molecule has 14 heavy (non-hydrogen) atoms. The van der Waals surface area contributed by atoms with Crippen LogP contribution in [0.25, 0.3) is 0 Å². The van der Waals surface area contributed by atoms with Gasteiger partial charge in [0.2, 0.25) is 5.91 Å². The van der Waals surface area contributed by atoms with Crippen LogP contribution in [0.4, 0.5) is 5.95 Å². The third-order valence-electron chi connectivity index (χ3n) is 1.64. The molecule has 0 unspecified atom stereocenters. The summed E-state index contributed by atoms with van der Waals surface area (Å²) in [4.78, 5) is 12.9. The van der Waals surface area contributed by atoms with Gasteiger partial charge in [0.25, 0.3) is 5.95 Å². The number of carbonyl (C=O) groups excluding carboxylic acids is 1. The summed E-state index contributed by atoms with van der Waals surface area (Å²) in [7, 11) is 0. The highest BCUT2D eigenvalue weighted by Gasteiger charge is 2.22. The Morgan fingerprint density at radius 2 is 2.14 bits per heavy atom. The van der Waals surface area contributed by atoms with E-state index < -0.39 is 5.41 Å². The lowest BCUT2D eigenvalue weighted by atomic mass is 9.96. The van der Waals surface area contributed by atoms with E-state index in [1.165, 1.54) is 4.80 Å². The molecule has 1 N–H and O–H groups in total. The minimum absolute atomic E-state index is 0.117. The number of anilines is 1. The predicted molar refractivity (Wildman–Crippen MR) is 51.6 cm³/mol. The van der Waals surface area contributed by atoms with Gasteiger partial charge < -0.3 is 0 Å². The average molecular weight is 197 g/mol. The van der Waals surface area contributed by atoms with Crippen molar-refractivity contribution in [2.45, 2.75) is 34.2 Å². The third kappa shape index (κ3) is 2.51. The molecule has 1 aromatic heterocycles. The summed E-state index contributed by atoms with van der Waals surface area (Å²) in [6.07, 6.45) is 0. The Kier molecular flexibility index (Phi) is 2.83.